The van der Waals surface area contributed by atoms with Gasteiger partial charge in [0.25, 0.3) is 0 Å². The molecule has 0 radical (unpaired) electrons. The minimum atomic E-state index is -4.75. The molecule has 28 heavy (non-hydrogen) atoms. The minimum absolute atomic E-state index is 0.297. The third kappa shape index (κ3) is 4.22. The fourth-order valence-electron chi connectivity index (χ4n) is 2.54. The van der Waals surface area contributed by atoms with Crippen molar-refractivity contribution in [2.45, 2.75) is 12.9 Å². The van der Waals surface area contributed by atoms with E-state index in [4.69, 9.17) is 0 Å². The van der Waals surface area contributed by atoms with Gasteiger partial charge in [0.1, 0.15) is 11.6 Å². The Bertz CT molecular complexity index is 1070. The van der Waals surface area contributed by atoms with Crippen molar-refractivity contribution in [3.8, 4) is 17.0 Å². The van der Waals surface area contributed by atoms with E-state index in [2.05, 4.69) is 20.1 Å². The van der Waals surface area contributed by atoms with Crippen LogP contribution in [0.3, 0.4) is 0 Å². The molecule has 0 aliphatic rings. The summed E-state index contributed by atoms with van der Waals surface area (Å²) in [6.07, 6.45) is -3.12. The molecule has 144 valence electrons. The van der Waals surface area contributed by atoms with Crippen molar-refractivity contribution in [1.82, 2.24) is 14.6 Å². The quantitative estimate of drug-likeness (QED) is 0.467. The number of ether oxygens (including phenoxy) is 1. The van der Waals surface area contributed by atoms with E-state index in [-0.39, 0.29) is 11.6 Å². The molecule has 0 aliphatic heterocycles. The molecule has 2 heterocycles. The van der Waals surface area contributed by atoms with Gasteiger partial charge in [0.15, 0.2) is 0 Å². The summed E-state index contributed by atoms with van der Waals surface area (Å²) < 4.78 is 55.5. The van der Waals surface area contributed by atoms with Crippen LogP contribution in [0.1, 0.15) is 5.56 Å². The molecule has 10 heteroatoms. The van der Waals surface area contributed by atoms with Gasteiger partial charge in [-0.15, -0.1) is 18.3 Å². The number of halogens is 4. The van der Waals surface area contributed by atoms with Crippen molar-refractivity contribution in [3.05, 3.63) is 66.1 Å². The van der Waals surface area contributed by atoms with E-state index >= 15 is 0 Å². The standard InChI is InChI=1S/C18H12F4N4OS/c19-13-6-4-11(5-7-13)9-23-16-25-26-10-15(24-17(26)28-16)12-2-1-3-14(8-12)27-18(20,21)22/h1-8,10H,9H2,(H,23,25). The first-order valence-corrected chi connectivity index (χ1v) is 8.88. The largest absolute Gasteiger partial charge is 0.573 e. The Hall–Kier alpha value is -3.14. The van der Waals surface area contributed by atoms with Crippen LogP contribution in [0.5, 0.6) is 5.75 Å². The van der Waals surface area contributed by atoms with Crippen molar-refractivity contribution in [2.75, 3.05) is 5.32 Å². The van der Waals surface area contributed by atoms with Crippen LogP contribution in [0.25, 0.3) is 16.2 Å². The summed E-state index contributed by atoms with van der Waals surface area (Å²) in [5.41, 5.74) is 1.87. The second-order valence-corrected chi connectivity index (χ2v) is 6.77. The zero-order chi connectivity index (χ0) is 19.7. The molecule has 0 atom stereocenters. The van der Waals surface area contributed by atoms with E-state index in [1.165, 1.54) is 41.7 Å². The first-order valence-electron chi connectivity index (χ1n) is 8.06. The van der Waals surface area contributed by atoms with Crippen LogP contribution in [0.2, 0.25) is 0 Å². The van der Waals surface area contributed by atoms with Gasteiger partial charge in [-0.2, -0.15) is 0 Å². The highest BCUT2D eigenvalue weighted by Crippen LogP contribution is 2.29. The van der Waals surface area contributed by atoms with Crippen LogP contribution in [0.4, 0.5) is 22.7 Å². The first kappa shape index (κ1) is 18.2. The van der Waals surface area contributed by atoms with E-state index < -0.39 is 6.36 Å². The summed E-state index contributed by atoms with van der Waals surface area (Å²) in [7, 11) is 0. The molecule has 0 spiro atoms. The van der Waals surface area contributed by atoms with Crippen LogP contribution in [0.15, 0.2) is 54.7 Å². The molecule has 0 saturated heterocycles. The monoisotopic (exact) mass is 408 g/mol. The molecule has 1 N–H and O–H groups in total. The number of imidazole rings is 1. The number of benzene rings is 2. The number of aromatic nitrogens is 3. The normalized spacial score (nSPS) is 11.7. The Kier molecular flexibility index (Phi) is 4.63. The number of rotatable bonds is 5. The number of alkyl halides is 3. The van der Waals surface area contributed by atoms with E-state index in [0.29, 0.717) is 27.9 Å². The zero-order valence-electron chi connectivity index (χ0n) is 14.1. The Balaban J connectivity index is 1.49. The fourth-order valence-corrected chi connectivity index (χ4v) is 3.32. The molecule has 0 amide bonds. The summed E-state index contributed by atoms with van der Waals surface area (Å²) in [5, 5.41) is 8.10. The summed E-state index contributed by atoms with van der Waals surface area (Å²) in [4.78, 5) is 4.98. The van der Waals surface area contributed by atoms with Crippen molar-refractivity contribution in [1.29, 1.82) is 0 Å². The highest BCUT2D eigenvalue weighted by Gasteiger charge is 2.31. The van der Waals surface area contributed by atoms with Gasteiger partial charge in [0.05, 0.1) is 11.9 Å². The van der Waals surface area contributed by atoms with Crippen LogP contribution >= 0.6 is 11.3 Å². The van der Waals surface area contributed by atoms with Crippen LogP contribution in [-0.2, 0) is 6.54 Å². The SMILES string of the molecule is Fc1ccc(CNc2nn3cc(-c4cccc(OC(F)(F)F)c4)nc3s2)cc1. The van der Waals surface area contributed by atoms with Crippen molar-refractivity contribution < 1.29 is 22.3 Å². The Morgan fingerprint density at radius 1 is 1.11 bits per heavy atom. The molecular weight excluding hydrogens is 396 g/mol. The second-order valence-electron chi connectivity index (χ2n) is 5.82. The number of hydrogen-bond donors (Lipinski definition) is 1. The number of nitrogens with zero attached hydrogens (tertiary/aromatic N) is 3. The van der Waals surface area contributed by atoms with Crippen LogP contribution < -0.4 is 10.1 Å². The summed E-state index contributed by atoms with van der Waals surface area (Å²) >= 11 is 1.29. The average Bonchev–Trinajstić information content (AvgIpc) is 3.19. The van der Waals surface area contributed by atoms with Crippen molar-refractivity contribution >= 4 is 21.4 Å². The van der Waals surface area contributed by atoms with Gasteiger partial charge in [-0.25, -0.2) is 13.9 Å². The van der Waals surface area contributed by atoms with Crippen molar-refractivity contribution in [3.63, 3.8) is 0 Å². The lowest BCUT2D eigenvalue weighted by molar-refractivity contribution is -0.274. The lowest BCUT2D eigenvalue weighted by Gasteiger charge is -2.09. The molecule has 4 rings (SSSR count). The summed E-state index contributed by atoms with van der Waals surface area (Å²) in [6.45, 7) is 0.473. The van der Waals surface area contributed by atoms with E-state index in [1.54, 1.807) is 28.9 Å². The number of fused-ring (bicyclic) bond motifs is 1. The predicted octanol–water partition coefficient (Wildman–Crippen LogP) is 5.11. The van der Waals surface area contributed by atoms with Gasteiger partial charge < -0.3 is 10.1 Å². The minimum Gasteiger partial charge on any atom is -0.406 e. The fraction of sp³-hybridized carbons (Fsp3) is 0.111. The smallest absolute Gasteiger partial charge is 0.406 e. The molecule has 0 aliphatic carbocycles. The highest BCUT2D eigenvalue weighted by molar-refractivity contribution is 7.20. The third-order valence-corrected chi connectivity index (χ3v) is 4.64. The maximum absolute atomic E-state index is 12.9. The first-order chi connectivity index (χ1) is 13.4. The maximum atomic E-state index is 12.9. The lowest BCUT2D eigenvalue weighted by atomic mass is 10.1. The third-order valence-electron chi connectivity index (χ3n) is 3.76. The molecule has 0 fully saturated rings. The molecule has 2 aromatic carbocycles. The Morgan fingerprint density at radius 3 is 2.61 bits per heavy atom. The molecule has 2 aromatic heterocycles. The topological polar surface area (TPSA) is 51.5 Å². The van der Waals surface area contributed by atoms with Gasteiger partial charge in [0.2, 0.25) is 10.1 Å². The molecule has 0 unspecified atom stereocenters. The predicted molar refractivity (Wildman–Crippen MR) is 96.7 cm³/mol. The van der Waals surface area contributed by atoms with E-state index in [1.807, 2.05) is 0 Å². The van der Waals surface area contributed by atoms with Gasteiger partial charge in [-0.05, 0) is 29.8 Å². The number of hydrogen-bond acceptors (Lipinski definition) is 5. The second kappa shape index (κ2) is 7.12. The summed E-state index contributed by atoms with van der Waals surface area (Å²) in [6, 6.07) is 11.7. The van der Waals surface area contributed by atoms with Crippen molar-refractivity contribution in [2.24, 2.45) is 0 Å². The average molecular weight is 408 g/mol. The Morgan fingerprint density at radius 2 is 1.89 bits per heavy atom. The summed E-state index contributed by atoms with van der Waals surface area (Å²) in [5.74, 6) is -0.607. The number of nitrogens with one attached hydrogen (secondary N) is 1. The molecule has 0 saturated carbocycles. The van der Waals surface area contributed by atoms with Gasteiger partial charge >= 0.3 is 6.36 Å². The van der Waals surface area contributed by atoms with E-state index in [0.717, 1.165) is 5.56 Å². The van der Waals surface area contributed by atoms with Gasteiger partial charge in [-0.3, -0.25) is 0 Å². The van der Waals surface area contributed by atoms with E-state index in [9.17, 15) is 17.6 Å². The van der Waals surface area contributed by atoms with Crippen LogP contribution in [-0.4, -0.2) is 21.0 Å². The van der Waals surface area contributed by atoms with Gasteiger partial charge in [0, 0.05) is 12.1 Å². The molecular formula is C18H12F4N4OS. The maximum Gasteiger partial charge on any atom is 0.573 e. The van der Waals surface area contributed by atoms with Gasteiger partial charge in [-0.1, -0.05) is 35.6 Å². The highest BCUT2D eigenvalue weighted by atomic mass is 32.1. The molecule has 0 bridgehead atoms. The zero-order valence-corrected chi connectivity index (χ0v) is 14.9. The van der Waals surface area contributed by atoms with Crippen LogP contribution in [0, 0.1) is 5.82 Å². The molecule has 5 nitrogen and oxygen atoms in total. The Labute approximate surface area is 160 Å². The lowest BCUT2D eigenvalue weighted by Crippen LogP contribution is -2.17. The number of anilines is 1. The molecule has 4 aromatic rings.